The SMILES string of the molecule is CC(=O)OCC1O[C@@H](O)C(NC=O)C(OC(C)=O)[C@@H]1OC(C)=O. The van der Waals surface area contributed by atoms with Crippen molar-refractivity contribution in [2.45, 2.75) is 51.4 Å². The number of esters is 3. The normalized spacial score (nSPS) is 30.0. The molecule has 0 aromatic heterocycles. The first-order valence-electron chi connectivity index (χ1n) is 6.77. The summed E-state index contributed by atoms with van der Waals surface area (Å²) < 4.78 is 20.1. The van der Waals surface area contributed by atoms with E-state index in [9.17, 15) is 24.3 Å². The minimum absolute atomic E-state index is 0.283. The van der Waals surface area contributed by atoms with Crippen LogP contribution in [0.25, 0.3) is 0 Å². The van der Waals surface area contributed by atoms with Gasteiger partial charge in [-0.2, -0.15) is 0 Å². The molecule has 0 bridgehead atoms. The lowest BCUT2D eigenvalue weighted by Gasteiger charge is -2.43. The van der Waals surface area contributed by atoms with E-state index in [2.05, 4.69) is 5.32 Å². The van der Waals surface area contributed by atoms with Crippen LogP contribution >= 0.6 is 0 Å². The average Bonchev–Trinajstić information content (AvgIpc) is 2.42. The van der Waals surface area contributed by atoms with Crippen LogP contribution in [0.4, 0.5) is 0 Å². The number of nitrogens with one attached hydrogen (secondary N) is 1. The molecule has 1 amide bonds. The fraction of sp³-hybridized carbons (Fsp3) is 0.692. The second kappa shape index (κ2) is 8.44. The van der Waals surface area contributed by atoms with Gasteiger partial charge in [0.2, 0.25) is 6.41 Å². The minimum atomic E-state index is -1.56. The highest BCUT2D eigenvalue weighted by atomic mass is 16.7. The summed E-state index contributed by atoms with van der Waals surface area (Å²) in [5, 5.41) is 12.2. The molecule has 0 spiro atoms. The highest BCUT2D eigenvalue weighted by Crippen LogP contribution is 2.25. The molecular formula is C13H19NO9. The molecule has 10 nitrogen and oxygen atoms in total. The quantitative estimate of drug-likeness (QED) is 0.329. The Hall–Kier alpha value is -2.20. The third-order valence-electron chi connectivity index (χ3n) is 2.98. The number of carbonyl (C=O) groups is 4. The molecule has 1 saturated heterocycles. The van der Waals surface area contributed by atoms with Gasteiger partial charge in [-0.05, 0) is 0 Å². The van der Waals surface area contributed by atoms with Crippen molar-refractivity contribution in [2.75, 3.05) is 6.61 Å². The van der Waals surface area contributed by atoms with Gasteiger partial charge >= 0.3 is 17.9 Å². The van der Waals surface area contributed by atoms with Crippen molar-refractivity contribution in [3.05, 3.63) is 0 Å². The lowest BCUT2D eigenvalue weighted by Crippen LogP contribution is -2.65. The fourth-order valence-electron chi connectivity index (χ4n) is 2.18. The summed E-state index contributed by atoms with van der Waals surface area (Å²) in [5.74, 6) is -2.03. The second-order valence-electron chi connectivity index (χ2n) is 4.83. The lowest BCUT2D eigenvalue weighted by atomic mass is 9.96. The van der Waals surface area contributed by atoms with Crippen molar-refractivity contribution in [2.24, 2.45) is 0 Å². The van der Waals surface area contributed by atoms with Gasteiger partial charge in [-0.3, -0.25) is 19.2 Å². The Balaban J connectivity index is 3.06. The number of ether oxygens (including phenoxy) is 4. The van der Waals surface area contributed by atoms with Gasteiger partial charge in [0.15, 0.2) is 18.5 Å². The highest BCUT2D eigenvalue weighted by molar-refractivity contribution is 5.68. The molecule has 1 fully saturated rings. The minimum Gasteiger partial charge on any atom is -0.463 e. The number of amides is 1. The van der Waals surface area contributed by atoms with Gasteiger partial charge in [-0.15, -0.1) is 0 Å². The molecule has 0 radical (unpaired) electrons. The van der Waals surface area contributed by atoms with Crippen LogP contribution in [0.2, 0.25) is 0 Å². The summed E-state index contributed by atoms with van der Waals surface area (Å²) in [6.07, 6.45) is -4.75. The highest BCUT2D eigenvalue weighted by Gasteiger charge is 2.49. The number of hydrogen-bond donors (Lipinski definition) is 2. The van der Waals surface area contributed by atoms with Crippen LogP contribution in [0.15, 0.2) is 0 Å². The van der Waals surface area contributed by atoms with Crippen LogP contribution < -0.4 is 5.32 Å². The van der Waals surface area contributed by atoms with Crippen LogP contribution in [0.3, 0.4) is 0 Å². The van der Waals surface area contributed by atoms with E-state index in [1.54, 1.807) is 0 Å². The number of hydrogen-bond acceptors (Lipinski definition) is 9. The predicted octanol–water partition coefficient (Wildman–Crippen LogP) is -1.76. The molecule has 0 aromatic rings. The number of aliphatic hydroxyl groups excluding tert-OH is 1. The van der Waals surface area contributed by atoms with E-state index in [1.807, 2.05) is 0 Å². The Labute approximate surface area is 132 Å². The summed E-state index contributed by atoms with van der Waals surface area (Å²) in [6, 6.07) is -1.16. The zero-order chi connectivity index (χ0) is 17.6. The van der Waals surface area contributed by atoms with E-state index in [-0.39, 0.29) is 13.0 Å². The smallest absolute Gasteiger partial charge is 0.303 e. The monoisotopic (exact) mass is 333 g/mol. The van der Waals surface area contributed by atoms with E-state index >= 15 is 0 Å². The maximum atomic E-state index is 11.3. The summed E-state index contributed by atoms with van der Waals surface area (Å²) in [5.41, 5.74) is 0. The van der Waals surface area contributed by atoms with Gasteiger partial charge in [0.25, 0.3) is 0 Å². The van der Waals surface area contributed by atoms with Crippen molar-refractivity contribution >= 4 is 24.3 Å². The van der Waals surface area contributed by atoms with Gasteiger partial charge < -0.3 is 29.4 Å². The number of aliphatic hydroxyl groups is 1. The Bertz CT molecular complexity index is 466. The summed E-state index contributed by atoms with van der Waals surface area (Å²) in [6.45, 7) is 3.07. The van der Waals surface area contributed by atoms with Crippen molar-refractivity contribution < 1.29 is 43.2 Å². The van der Waals surface area contributed by atoms with Crippen LogP contribution in [0.5, 0.6) is 0 Å². The Morgan fingerprint density at radius 3 is 2.13 bits per heavy atom. The largest absolute Gasteiger partial charge is 0.463 e. The van der Waals surface area contributed by atoms with E-state index in [1.165, 1.54) is 6.92 Å². The molecule has 1 heterocycles. The maximum absolute atomic E-state index is 11.3. The first kappa shape index (κ1) is 18.8. The molecule has 1 rings (SSSR count). The predicted molar refractivity (Wildman–Crippen MR) is 71.6 cm³/mol. The fourth-order valence-corrected chi connectivity index (χ4v) is 2.18. The molecule has 1 aliphatic heterocycles. The molecule has 3 unspecified atom stereocenters. The second-order valence-corrected chi connectivity index (χ2v) is 4.83. The van der Waals surface area contributed by atoms with Crippen LogP contribution in [-0.4, -0.2) is 66.7 Å². The van der Waals surface area contributed by atoms with Crippen molar-refractivity contribution in [3.8, 4) is 0 Å². The molecule has 0 saturated carbocycles. The van der Waals surface area contributed by atoms with Crippen LogP contribution in [-0.2, 0) is 38.1 Å². The maximum Gasteiger partial charge on any atom is 0.303 e. The number of rotatable bonds is 6. The first-order valence-corrected chi connectivity index (χ1v) is 6.77. The van der Waals surface area contributed by atoms with Crippen LogP contribution in [0, 0.1) is 0 Å². The van der Waals surface area contributed by atoms with E-state index in [0.717, 1.165) is 13.8 Å². The summed E-state index contributed by atoms with van der Waals surface area (Å²) >= 11 is 0. The van der Waals surface area contributed by atoms with Gasteiger partial charge in [-0.1, -0.05) is 0 Å². The number of carbonyl (C=O) groups excluding carboxylic acids is 4. The van der Waals surface area contributed by atoms with E-state index in [0.29, 0.717) is 0 Å². The lowest BCUT2D eigenvalue weighted by molar-refractivity contribution is -0.264. The van der Waals surface area contributed by atoms with Gasteiger partial charge in [0.1, 0.15) is 18.8 Å². The molecule has 5 atom stereocenters. The zero-order valence-electron chi connectivity index (χ0n) is 12.9. The average molecular weight is 333 g/mol. The Kier molecular flexibility index (Phi) is 6.91. The third kappa shape index (κ3) is 5.49. The van der Waals surface area contributed by atoms with Gasteiger partial charge in [0.05, 0.1) is 0 Å². The molecule has 23 heavy (non-hydrogen) atoms. The molecule has 2 N–H and O–H groups in total. The Morgan fingerprint density at radius 1 is 1.09 bits per heavy atom. The summed E-state index contributed by atoms with van der Waals surface area (Å²) in [4.78, 5) is 44.2. The van der Waals surface area contributed by atoms with Crippen molar-refractivity contribution in [3.63, 3.8) is 0 Å². The molecule has 0 aliphatic carbocycles. The van der Waals surface area contributed by atoms with Gasteiger partial charge in [-0.25, -0.2) is 0 Å². The standard InChI is InChI=1S/C13H19NO9/c1-6(16)20-4-9-11(21-7(2)17)12(22-8(3)18)10(14-5-15)13(19)23-9/h5,9-13,19H,4H2,1-3H3,(H,14,15)/t9?,10?,11-,12?,13-/m1/s1. The van der Waals surface area contributed by atoms with Crippen molar-refractivity contribution in [1.82, 2.24) is 5.32 Å². The topological polar surface area (TPSA) is 137 Å². The molecular weight excluding hydrogens is 314 g/mol. The third-order valence-corrected chi connectivity index (χ3v) is 2.98. The molecule has 130 valence electrons. The Morgan fingerprint density at radius 2 is 1.65 bits per heavy atom. The van der Waals surface area contributed by atoms with Gasteiger partial charge in [0, 0.05) is 20.8 Å². The zero-order valence-corrected chi connectivity index (χ0v) is 12.9. The molecule has 10 heteroatoms. The van der Waals surface area contributed by atoms with E-state index < -0.39 is 48.6 Å². The molecule has 1 aliphatic rings. The van der Waals surface area contributed by atoms with E-state index in [4.69, 9.17) is 18.9 Å². The van der Waals surface area contributed by atoms with Crippen molar-refractivity contribution in [1.29, 1.82) is 0 Å². The summed E-state index contributed by atoms with van der Waals surface area (Å²) in [7, 11) is 0. The molecule has 0 aromatic carbocycles. The first-order chi connectivity index (χ1) is 10.8. The van der Waals surface area contributed by atoms with Crippen LogP contribution in [0.1, 0.15) is 20.8 Å².